The Morgan fingerprint density at radius 2 is 1.70 bits per heavy atom. The SMILES string of the molecule is O=C1CN(C(=O)C(Sc2ccccc2)c2ccccc2)CCN1. The first kappa shape index (κ1) is 15.6. The van der Waals surface area contributed by atoms with Crippen LogP contribution >= 0.6 is 11.8 Å². The van der Waals surface area contributed by atoms with Crippen LogP contribution in [0, 0.1) is 0 Å². The Bertz CT molecular complexity index is 676. The summed E-state index contributed by atoms with van der Waals surface area (Å²) in [6.45, 7) is 1.21. The maximum absolute atomic E-state index is 13.0. The average Bonchev–Trinajstić information content (AvgIpc) is 2.61. The summed E-state index contributed by atoms with van der Waals surface area (Å²) < 4.78 is 0. The van der Waals surface area contributed by atoms with E-state index in [0.717, 1.165) is 10.5 Å². The second kappa shape index (κ2) is 7.33. The Labute approximate surface area is 139 Å². The van der Waals surface area contributed by atoms with Gasteiger partial charge in [0.25, 0.3) is 0 Å². The number of hydrogen-bond donors (Lipinski definition) is 1. The number of thioether (sulfide) groups is 1. The third-order valence-corrected chi connectivity index (χ3v) is 4.93. The van der Waals surface area contributed by atoms with Crippen LogP contribution in [0.1, 0.15) is 10.8 Å². The molecule has 0 radical (unpaired) electrons. The Kier molecular flexibility index (Phi) is 4.98. The first-order chi connectivity index (χ1) is 11.2. The lowest BCUT2D eigenvalue weighted by atomic mass is 10.1. The molecule has 118 valence electrons. The largest absolute Gasteiger partial charge is 0.353 e. The fourth-order valence-corrected chi connectivity index (χ4v) is 3.65. The molecule has 23 heavy (non-hydrogen) atoms. The van der Waals surface area contributed by atoms with Gasteiger partial charge in [-0.2, -0.15) is 0 Å². The highest BCUT2D eigenvalue weighted by Crippen LogP contribution is 2.36. The van der Waals surface area contributed by atoms with Gasteiger partial charge in [0.1, 0.15) is 5.25 Å². The van der Waals surface area contributed by atoms with Crippen LogP contribution in [0.5, 0.6) is 0 Å². The van der Waals surface area contributed by atoms with Crippen molar-refractivity contribution < 1.29 is 9.59 Å². The molecule has 1 N–H and O–H groups in total. The summed E-state index contributed by atoms with van der Waals surface area (Å²) in [4.78, 5) is 27.2. The summed E-state index contributed by atoms with van der Waals surface area (Å²) >= 11 is 1.52. The zero-order valence-corrected chi connectivity index (χ0v) is 13.5. The van der Waals surface area contributed by atoms with Crippen molar-refractivity contribution in [2.75, 3.05) is 19.6 Å². The van der Waals surface area contributed by atoms with Gasteiger partial charge >= 0.3 is 0 Å². The molecule has 0 spiro atoms. The third kappa shape index (κ3) is 3.93. The summed E-state index contributed by atoms with van der Waals surface area (Å²) in [6, 6.07) is 19.6. The highest BCUT2D eigenvalue weighted by atomic mass is 32.2. The fraction of sp³-hybridized carbons (Fsp3) is 0.222. The molecule has 0 aromatic heterocycles. The van der Waals surface area contributed by atoms with Crippen molar-refractivity contribution in [1.29, 1.82) is 0 Å². The van der Waals surface area contributed by atoms with Gasteiger partial charge in [-0.25, -0.2) is 0 Å². The van der Waals surface area contributed by atoms with Crippen LogP contribution in [0.2, 0.25) is 0 Å². The second-order valence-corrected chi connectivity index (χ2v) is 6.51. The number of hydrogen-bond acceptors (Lipinski definition) is 3. The average molecular weight is 326 g/mol. The molecule has 1 heterocycles. The summed E-state index contributed by atoms with van der Waals surface area (Å²) in [5.41, 5.74) is 0.956. The van der Waals surface area contributed by atoms with E-state index in [2.05, 4.69) is 5.32 Å². The van der Waals surface area contributed by atoms with Crippen molar-refractivity contribution in [1.82, 2.24) is 10.2 Å². The standard InChI is InChI=1S/C18H18N2O2S/c21-16-13-20(12-11-19-16)18(22)17(14-7-3-1-4-8-14)23-15-9-5-2-6-10-15/h1-10,17H,11-13H2,(H,19,21). The van der Waals surface area contributed by atoms with Gasteiger partial charge in [-0.1, -0.05) is 48.5 Å². The molecular weight excluding hydrogens is 308 g/mol. The molecule has 1 fully saturated rings. The number of nitrogens with one attached hydrogen (secondary N) is 1. The third-order valence-electron chi connectivity index (χ3n) is 3.67. The summed E-state index contributed by atoms with van der Waals surface area (Å²) in [5, 5.41) is 2.41. The highest BCUT2D eigenvalue weighted by Gasteiger charge is 2.29. The number of benzene rings is 2. The van der Waals surface area contributed by atoms with Gasteiger partial charge in [0.05, 0.1) is 6.54 Å². The number of piperazine rings is 1. The topological polar surface area (TPSA) is 49.4 Å². The lowest BCUT2D eigenvalue weighted by molar-refractivity contribution is -0.137. The molecule has 1 unspecified atom stereocenters. The van der Waals surface area contributed by atoms with Crippen LogP contribution in [-0.4, -0.2) is 36.3 Å². The first-order valence-corrected chi connectivity index (χ1v) is 8.44. The van der Waals surface area contributed by atoms with Gasteiger partial charge in [0.2, 0.25) is 11.8 Å². The smallest absolute Gasteiger partial charge is 0.241 e. The van der Waals surface area contributed by atoms with Gasteiger partial charge in [-0.15, -0.1) is 11.8 Å². The van der Waals surface area contributed by atoms with Crippen molar-refractivity contribution in [3.8, 4) is 0 Å². The van der Waals surface area contributed by atoms with Crippen LogP contribution in [0.4, 0.5) is 0 Å². The quantitative estimate of drug-likeness (QED) is 0.878. The fourth-order valence-electron chi connectivity index (χ4n) is 2.52. The zero-order valence-electron chi connectivity index (χ0n) is 12.6. The Hall–Kier alpha value is -2.27. The van der Waals surface area contributed by atoms with Crippen molar-refractivity contribution in [3.63, 3.8) is 0 Å². The van der Waals surface area contributed by atoms with E-state index in [1.54, 1.807) is 4.90 Å². The van der Waals surface area contributed by atoms with Crippen LogP contribution in [0.3, 0.4) is 0 Å². The van der Waals surface area contributed by atoms with Crippen molar-refractivity contribution in [3.05, 3.63) is 66.2 Å². The van der Waals surface area contributed by atoms with Crippen molar-refractivity contribution in [2.24, 2.45) is 0 Å². The number of nitrogens with zero attached hydrogens (tertiary/aromatic N) is 1. The van der Waals surface area contributed by atoms with Crippen molar-refractivity contribution in [2.45, 2.75) is 10.1 Å². The van der Waals surface area contributed by atoms with E-state index < -0.39 is 0 Å². The molecule has 1 saturated heterocycles. The zero-order chi connectivity index (χ0) is 16.1. The second-order valence-electron chi connectivity index (χ2n) is 5.33. The molecular formula is C18H18N2O2S. The molecule has 4 nitrogen and oxygen atoms in total. The maximum atomic E-state index is 13.0. The number of carbonyl (C=O) groups is 2. The Balaban J connectivity index is 1.85. The molecule has 2 amide bonds. The van der Waals surface area contributed by atoms with Crippen molar-refractivity contribution >= 4 is 23.6 Å². The highest BCUT2D eigenvalue weighted by molar-refractivity contribution is 8.00. The molecule has 2 aromatic carbocycles. The summed E-state index contributed by atoms with van der Waals surface area (Å²) in [6.07, 6.45) is 0. The molecule has 0 bridgehead atoms. The van der Waals surface area contributed by atoms with E-state index in [-0.39, 0.29) is 23.6 Å². The minimum atomic E-state index is -0.343. The number of rotatable bonds is 4. The minimum absolute atomic E-state index is 0.0140. The van der Waals surface area contributed by atoms with Gasteiger partial charge < -0.3 is 10.2 Å². The molecule has 1 atom stereocenters. The predicted molar refractivity (Wildman–Crippen MR) is 91.1 cm³/mol. The predicted octanol–water partition coefficient (Wildman–Crippen LogP) is 2.48. The van der Waals surface area contributed by atoms with Crippen LogP contribution in [-0.2, 0) is 9.59 Å². The normalized spacial score (nSPS) is 15.8. The van der Waals surface area contributed by atoms with Gasteiger partial charge in [-0.05, 0) is 17.7 Å². The number of carbonyl (C=O) groups excluding carboxylic acids is 2. The molecule has 0 aliphatic carbocycles. The van der Waals surface area contributed by atoms with Crippen LogP contribution < -0.4 is 5.32 Å². The molecule has 1 aliphatic rings. The monoisotopic (exact) mass is 326 g/mol. The van der Waals surface area contributed by atoms with Crippen LogP contribution in [0.25, 0.3) is 0 Å². The molecule has 5 heteroatoms. The molecule has 2 aromatic rings. The van der Waals surface area contributed by atoms with Gasteiger partial charge in [0.15, 0.2) is 0 Å². The Morgan fingerprint density at radius 1 is 1.04 bits per heavy atom. The first-order valence-electron chi connectivity index (χ1n) is 7.56. The maximum Gasteiger partial charge on any atom is 0.241 e. The molecule has 3 rings (SSSR count). The van der Waals surface area contributed by atoms with Gasteiger partial charge in [-0.3, -0.25) is 9.59 Å². The minimum Gasteiger partial charge on any atom is -0.353 e. The van der Waals surface area contributed by atoms with E-state index in [1.807, 2.05) is 60.7 Å². The lowest BCUT2D eigenvalue weighted by Gasteiger charge is -2.30. The van der Waals surface area contributed by atoms with E-state index in [4.69, 9.17) is 0 Å². The molecule has 0 saturated carbocycles. The van der Waals surface area contributed by atoms with E-state index >= 15 is 0 Å². The van der Waals surface area contributed by atoms with Crippen LogP contribution in [0.15, 0.2) is 65.6 Å². The lowest BCUT2D eigenvalue weighted by Crippen LogP contribution is -2.50. The Morgan fingerprint density at radius 3 is 2.35 bits per heavy atom. The summed E-state index contributed by atoms with van der Waals surface area (Å²) in [5.74, 6) is -0.110. The summed E-state index contributed by atoms with van der Waals surface area (Å²) in [7, 11) is 0. The number of amides is 2. The van der Waals surface area contributed by atoms with Gasteiger partial charge in [0, 0.05) is 18.0 Å². The molecule has 1 aliphatic heterocycles. The van der Waals surface area contributed by atoms with E-state index in [1.165, 1.54) is 11.8 Å². The van der Waals surface area contributed by atoms with E-state index in [9.17, 15) is 9.59 Å². The van der Waals surface area contributed by atoms with E-state index in [0.29, 0.717) is 13.1 Å².